The predicted octanol–water partition coefficient (Wildman–Crippen LogP) is -2.22. The van der Waals surface area contributed by atoms with Crippen molar-refractivity contribution >= 4 is 58.5 Å². The molecule has 0 amide bonds. The first-order valence-corrected chi connectivity index (χ1v) is 4.19. The third-order valence-corrected chi connectivity index (χ3v) is 0. The van der Waals surface area contributed by atoms with Crippen molar-refractivity contribution in [3.05, 3.63) is 0 Å². The van der Waals surface area contributed by atoms with Crippen LogP contribution in [0.4, 0.5) is 0 Å². The van der Waals surface area contributed by atoms with E-state index in [1.54, 1.807) is 0 Å². The fraction of sp³-hybridized carbons (Fsp3) is 0. The monoisotopic (exact) mass is 301 g/mol. The second-order valence-corrected chi connectivity index (χ2v) is 2.69. The van der Waals surface area contributed by atoms with E-state index in [1.807, 2.05) is 0 Å². The Morgan fingerprint density at radius 3 is 0.667 bits per heavy atom. The van der Waals surface area contributed by atoms with E-state index < -0.39 is 20.8 Å². The molecule has 0 saturated carbocycles. The summed E-state index contributed by atoms with van der Waals surface area (Å²) in [5.74, 6) is 0. The summed E-state index contributed by atoms with van der Waals surface area (Å²) in [4.78, 5) is 0. The predicted molar refractivity (Wildman–Crippen MR) is 36.9 cm³/mol. The smallest absolute Gasteiger partial charge is 0 e. The van der Waals surface area contributed by atoms with Crippen LogP contribution >= 0.6 is 0 Å². The van der Waals surface area contributed by atoms with Gasteiger partial charge in [0, 0.05) is 17.1 Å². The van der Waals surface area contributed by atoms with Crippen LogP contribution < -0.4 is 0 Å². The van der Waals surface area contributed by atoms with Crippen LogP contribution in [-0.2, 0) is 37.9 Å². The molecule has 0 heterocycles. The fourth-order valence-electron chi connectivity index (χ4n) is 0. The number of hydrogen-bond donors (Lipinski definition) is 4. The van der Waals surface area contributed by atoms with Gasteiger partial charge in [0.1, 0.15) is 0 Å². The van der Waals surface area contributed by atoms with Crippen LogP contribution in [0.1, 0.15) is 0 Å². The molecule has 79 valence electrons. The third kappa shape index (κ3) is 552. The van der Waals surface area contributed by atoms with Gasteiger partial charge in [-0.3, -0.25) is 18.2 Å². The van der Waals surface area contributed by atoms with Gasteiger partial charge in [-0.2, -0.15) is 16.8 Å². The van der Waals surface area contributed by atoms with Gasteiger partial charge in [-0.25, -0.2) is 0 Å². The molecule has 0 aromatic rings. The Kier molecular flexibility index (Phi) is 17.7. The van der Waals surface area contributed by atoms with E-state index in [4.69, 9.17) is 35.0 Å². The Balaban J connectivity index is -0.0000000457. The van der Waals surface area contributed by atoms with Crippen LogP contribution in [0.25, 0.3) is 0 Å². The van der Waals surface area contributed by atoms with Crippen molar-refractivity contribution in [3.63, 3.8) is 0 Å². The molecule has 0 saturated heterocycles. The van der Waals surface area contributed by atoms with Crippen LogP contribution in [0.15, 0.2) is 0 Å². The van der Waals surface area contributed by atoms with Crippen molar-refractivity contribution in [1.82, 2.24) is 0 Å². The Morgan fingerprint density at radius 1 is 0.667 bits per heavy atom. The van der Waals surface area contributed by atoms with Crippen molar-refractivity contribution in [2.75, 3.05) is 0 Å². The van der Waals surface area contributed by atoms with Crippen molar-refractivity contribution < 1.29 is 52.1 Å². The quantitative estimate of drug-likeness (QED) is 0.290. The summed E-state index contributed by atoms with van der Waals surface area (Å²) in [6, 6.07) is 0. The summed E-state index contributed by atoms with van der Waals surface area (Å²) in [7, 11) is -9.33. The molecule has 0 aliphatic rings. The molecule has 8 nitrogen and oxygen atoms in total. The number of hydrogen-bond acceptors (Lipinski definition) is 4. The molecule has 0 aliphatic carbocycles. The maximum Gasteiger partial charge on any atom is 0 e. The van der Waals surface area contributed by atoms with Crippen LogP contribution in [0.3, 0.4) is 0 Å². The molecule has 0 aromatic heterocycles. The topological polar surface area (TPSA) is 149 Å². The summed E-state index contributed by atoms with van der Waals surface area (Å²) < 4.78 is 63.2. The molecule has 12 heavy (non-hydrogen) atoms. The molecular weight excluding hydrogens is 296 g/mol. The Hall–Kier alpha value is 1.52. The SMILES string of the molecule is O=S(=O)(O)O.O=S(=O)(O)O.[CaH2].[Cu]. The van der Waals surface area contributed by atoms with Crippen molar-refractivity contribution in [2.24, 2.45) is 0 Å². The van der Waals surface area contributed by atoms with Gasteiger partial charge in [-0.1, -0.05) is 0 Å². The Bertz CT molecular complexity index is 213. The molecule has 0 aromatic carbocycles. The average Bonchev–Trinajstić information content (AvgIpc) is 1.12. The van der Waals surface area contributed by atoms with E-state index in [0.717, 1.165) is 0 Å². The molecule has 4 N–H and O–H groups in total. The first-order valence-electron chi connectivity index (χ1n) is 1.40. The van der Waals surface area contributed by atoms with E-state index in [2.05, 4.69) is 0 Å². The van der Waals surface area contributed by atoms with Crippen LogP contribution in [0.5, 0.6) is 0 Å². The maximum atomic E-state index is 8.74. The molecule has 0 rings (SSSR count). The molecule has 0 aliphatic heterocycles. The standard InChI is InChI=1S/Ca.Cu.2H2O4S.2H/c;;2*1-5(2,3)4;;/h;;2*(H2,1,2,3,4);;. The second kappa shape index (κ2) is 9.09. The van der Waals surface area contributed by atoms with Gasteiger partial charge in [0.25, 0.3) is 0 Å². The van der Waals surface area contributed by atoms with Crippen LogP contribution in [0, 0.1) is 0 Å². The first-order chi connectivity index (χ1) is 4.00. The van der Waals surface area contributed by atoms with Crippen molar-refractivity contribution in [1.29, 1.82) is 0 Å². The summed E-state index contributed by atoms with van der Waals surface area (Å²) in [6.45, 7) is 0. The minimum Gasteiger partial charge on any atom is 0 e. The normalized spacial score (nSPS) is 9.67. The zero-order chi connectivity index (χ0) is 9.00. The van der Waals surface area contributed by atoms with Crippen molar-refractivity contribution in [3.8, 4) is 0 Å². The molecule has 0 atom stereocenters. The largest absolute Gasteiger partial charge is 0 e. The maximum absolute atomic E-state index is 8.74. The van der Waals surface area contributed by atoms with Gasteiger partial charge in [0.15, 0.2) is 0 Å². The van der Waals surface area contributed by atoms with Gasteiger partial charge in [-0.05, 0) is 0 Å². The van der Waals surface area contributed by atoms with E-state index in [-0.39, 0.29) is 54.8 Å². The zero-order valence-electron chi connectivity index (χ0n) is 4.54. The van der Waals surface area contributed by atoms with E-state index in [0.29, 0.717) is 0 Å². The minimum atomic E-state index is -4.67. The summed E-state index contributed by atoms with van der Waals surface area (Å²) >= 11 is 0. The second-order valence-electron chi connectivity index (χ2n) is 0.896. The summed E-state index contributed by atoms with van der Waals surface area (Å²) in [5.41, 5.74) is 0. The molecule has 0 spiro atoms. The molecule has 1 radical (unpaired) electrons. The summed E-state index contributed by atoms with van der Waals surface area (Å²) in [6.07, 6.45) is 0. The van der Waals surface area contributed by atoms with Gasteiger partial charge in [0.2, 0.25) is 0 Å². The molecule has 0 unspecified atom stereocenters. The average molecular weight is 302 g/mol. The molecule has 0 bridgehead atoms. The van der Waals surface area contributed by atoms with Crippen LogP contribution in [-0.4, -0.2) is 72.8 Å². The zero-order valence-corrected chi connectivity index (χ0v) is 7.11. The van der Waals surface area contributed by atoms with E-state index in [9.17, 15) is 0 Å². The molecule has 0 fully saturated rings. The van der Waals surface area contributed by atoms with Gasteiger partial charge in [0.05, 0.1) is 0 Å². The number of rotatable bonds is 0. The Labute approximate surface area is 109 Å². The van der Waals surface area contributed by atoms with Gasteiger partial charge in [-0.15, -0.1) is 0 Å². The third-order valence-electron chi connectivity index (χ3n) is 0. The van der Waals surface area contributed by atoms with Crippen molar-refractivity contribution in [2.45, 2.75) is 0 Å². The van der Waals surface area contributed by atoms with Gasteiger partial charge >= 0.3 is 58.5 Å². The molecular formula is H6CaCuO8S2. The van der Waals surface area contributed by atoms with Crippen LogP contribution in [0.2, 0.25) is 0 Å². The summed E-state index contributed by atoms with van der Waals surface area (Å²) in [5, 5.41) is 0. The molecule has 12 heteroatoms. The first kappa shape index (κ1) is 23.4. The minimum absolute atomic E-state index is 0. The van der Waals surface area contributed by atoms with E-state index >= 15 is 0 Å². The van der Waals surface area contributed by atoms with E-state index in [1.165, 1.54) is 0 Å². The fourth-order valence-corrected chi connectivity index (χ4v) is 0. The van der Waals surface area contributed by atoms with Gasteiger partial charge < -0.3 is 0 Å². The Morgan fingerprint density at radius 2 is 0.667 bits per heavy atom.